The molecule has 0 radical (unpaired) electrons. The van der Waals surface area contributed by atoms with Gasteiger partial charge in [-0.25, -0.2) is 0 Å². The average molecular weight is 307 g/mol. The Morgan fingerprint density at radius 2 is 1.76 bits per heavy atom. The summed E-state index contributed by atoms with van der Waals surface area (Å²) in [4.78, 5) is 0. The number of hydrogen-bond acceptors (Lipinski definition) is 0. The topological polar surface area (TPSA) is 0 Å². The lowest BCUT2D eigenvalue weighted by molar-refractivity contribution is -0.137. The summed E-state index contributed by atoms with van der Waals surface area (Å²) in [5.41, 5.74) is 1.34. The molecule has 0 saturated carbocycles. The summed E-state index contributed by atoms with van der Waals surface area (Å²) in [5.74, 6) is 0.372. The molecule has 1 rings (SSSR count). The quantitative estimate of drug-likeness (QED) is 0.678. The van der Waals surface area contributed by atoms with Crippen LogP contribution in [0.3, 0.4) is 0 Å². The zero-order valence-corrected chi connectivity index (χ0v) is 11.3. The number of alkyl halides is 4. The van der Waals surface area contributed by atoms with E-state index >= 15 is 0 Å². The lowest BCUT2D eigenvalue weighted by Gasteiger charge is -2.09. The lowest BCUT2D eigenvalue weighted by Crippen LogP contribution is -2.04. The molecule has 0 fully saturated rings. The molecule has 17 heavy (non-hydrogen) atoms. The van der Waals surface area contributed by atoms with Crippen molar-refractivity contribution in [1.29, 1.82) is 0 Å². The summed E-state index contributed by atoms with van der Waals surface area (Å²) in [6, 6.07) is 5.21. The van der Waals surface area contributed by atoms with Crippen LogP contribution in [0.5, 0.6) is 0 Å². The molecule has 0 aliphatic rings. The maximum Gasteiger partial charge on any atom is 0.416 e. The van der Waals surface area contributed by atoms with E-state index in [0.29, 0.717) is 5.92 Å². The van der Waals surface area contributed by atoms with Gasteiger partial charge in [0, 0.05) is 5.33 Å². The third kappa shape index (κ3) is 4.19. The highest BCUT2D eigenvalue weighted by atomic mass is 79.9. The summed E-state index contributed by atoms with van der Waals surface area (Å²) in [5, 5.41) is 0.728. The van der Waals surface area contributed by atoms with Crippen LogP contribution < -0.4 is 0 Å². The van der Waals surface area contributed by atoms with E-state index in [0.717, 1.165) is 28.6 Å². The Labute approximate surface area is 108 Å². The van der Waals surface area contributed by atoms with Gasteiger partial charge < -0.3 is 0 Å². The van der Waals surface area contributed by atoms with Crippen LogP contribution in [0.2, 0.25) is 0 Å². The van der Waals surface area contributed by atoms with E-state index in [1.54, 1.807) is 0 Å². The summed E-state index contributed by atoms with van der Waals surface area (Å²) in [6.07, 6.45) is -2.35. The Morgan fingerprint density at radius 1 is 1.24 bits per heavy atom. The molecular weight excluding hydrogens is 293 g/mol. The molecule has 0 N–H and O–H groups in total. The van der Waals surface area contributed by atoms with Crippen LogP contribution >= 0.6 is 15.9 Å². The van der Waals surface area contributed by atoms with E-state index in [4.69, 9.17) is 0 Å². The third-order valence-electron chi connectivity index (χ3n) is 2.49. The highest BCUT2D eigenvalue weighted by Gasteiger charge is 2.29. The van der Waals surface area contributed by atoms with Crippen molar-refractivity contribution in [3.05, 3.63) is 41.0 Å². The number of benzene rings is 1. The monoisotopic (exact) mass is 306 g/mol. The second kappa shape index (κ2) is 5.71. The van der Waals surface area contributed by atoms with Gasteiger partial charge in [-0.2, -0.15) is 13.2 Å². The van der Waals surface area contributed by atoms with Gasteiger partial charge in [0.25, 0.3) is 0 Å². The van der Waals surface area contributed by atoms with E-state index in [9.17, 15) is 13.2 Å². The Balaban J connectivity index is 2.96. The van der Waals surface area contributed by atoms with E-state index in [-0.39, 0.29) is 0 Å². The maximum absolute atomic E-state index is 12.4. The average Bonchev–Trinajstić information content (AvgIpc) is 2.25. The van der Waals surface area contributed by atoms with Crippen molar-refractivity contribution in [3.63, 3.8) is 0 Å². The van der Waals surface area contributed by atoms with Crippen LogP contribution in [0.15, 0.2) is 29.8 Å². The molecular formula is C13H14BrF3. The Hall–Kier alpha value is -0.770. The van der Waals surface area contributed by atoms with Crippen molar-refractivity contribution >= 4 is 22.0 Å². The minimum Gasteiger partial charge on any atom is -0.166 e. The summed E-state index contributed by atoms with van der Waals surface area (Å²) < 4.78 is 37.1. The van der Waals surface area contributed by atoms with Crippen molar-refractivity contribution in [3.8, 4) is 0 Å². The first kappa shape index (κ1) is 14.3. The first-order chi connectivity index (χ1) is 7.84. The van der Waals surface area contributed by atoms with Crippen molar-refractivity contribution in [2.24, 2.45) is 5.92 Å². The molecule has 0 aromatic heterocycles. The van der Waals surface area contributed by atoms with E-state index in [1.807, 2.05) is 6.08 Å². The normalized spacial score (nSPS) is 13.2. The predicted octanol–water partition coefficient (Wildman–Crippen LogP) is 5.14. The lowest BCUT2D eigenvalue weighted by atomic mass is 10.0. The molecule has 0 atom stereocenters. The highest BCUT2D eigenvalue weighted by molar-refractivity contribution is 9.09. The van der Waals surface area contributed by atoms with Crippen LogP contribution in [0.1, 0.15) is 25.0 Å². The molecule has 0 amide bonds. The van der Waals surface area contributed by atoms with Gasteiger partial charge in [-0.3, -0.25) is 0 Å². The van der Waals surface area contributed by atoms with Gasteiger partial charge >= 0.3 is 6.18 Å². The van der Waals surface area contributed by atoms with Gasteiger partial charge in [-0.15, -0.1) is 0 Å². The summed E-state index contributed by atoms with van der Waals surface area (Å²) in [6.45, 7) is 4.11. The van der Waals surface area contributed by atoms with Gasteiger partial charge in [-0.1, -0.05) is 53.6 Å². The van der Waals surface area contributed by atoms with Gasteiger partial charge in [0.2, 0.25) is 0 Å². The van der Waals surface area contributed by atoms with Gasteiger partial charge in [-0.05, 0) is 23.6 Å². The largest absolute Gasteiger partial charge is 0.416 e. The SMILES string of the molecule is CC(C)C(=Cc1ccc(C(F)(F)F)cc1)CBr. The van der Waals surface area contributed by atoms with Crippen molar-refractivity contribution in [1.82, 2.24) is 0 Å². The molecule has 1 aromatic rings. The van der Waals surface area contributed by atoms with E-state index < -0.39 is 11.7 Å². The third-order valence-corrected chi connectivity index (χ3v) is 3.13. The molecule has 0 spiro atoms. The fraction of sp³-hybridized carbons (Fsp3) is 0.385. The standard InChI is InChI=1S/C13H14BrF3/c1-9(2)11(8-14)7-10-3-5-12(6-4-10)13(15,16)17/h3-7,9H,8H2,1-2H3. The highest BCUT2D eigenvalue weighted by Crippen LogP contribution is 2.29. The number of hydrogen-bond donors (Lipinski definition) is 0. The van der Waals surface area contributed by atoms with E-state index in [2.05, 4.69) is 29.8 Å². The van der Waals surface area contributed by atoms with Crippen molar-refractivity contribution in [2.45, 2.75) is 20.0 Å². The van der Waals surface area contributed by atoms with Crippen LogP contribution in [-0.4, -0.2) is 5.33 Å². The molecule has 0 aliphatic carbocycles. The van der Waals surface area contributed by atoms with E-state index in [1.165, 1.54) is 12.1 Å². The van der Waals surface area contributed by atoms with Crippen LogP contribution in [-0.2, 0) is 6.18 Å². The predicted molar refractivity (Wildman–Crippen MR) is 68.1 cm³/mol. The first-order valence-electron chi connectivity index (χ1n) is 5.28. The molecule has 4 heteroatoms. The van der Waals surface area contributed by atoms with Crippen LogP contribution in [0.4, 0.5) is 13.2 Å². The molecule has 0 aliphatic heterocycles. The van der Waals surface area contributed by atoms with Gasteiger partial charge in [0.15, 0.2) is 0 Å². The zero-order valence-electron chi connectivity index (χ0n) is 9.68. The number of allylic oxidation sites excluding steroid dienone is 1. The second-order valence-electron chi connectivity index (χ2n) is 4.13. The minimum absolute atomic E-state index is 0.372. The first-order valence-corrected chi connectivity index (χ1v) is 6.40. The summed E-state index contributed by atoms with van der Waals surface area (Å²) in [7, 11) is 0. The van der Waals surface area contributed by atoms with Gasteiger partial charge in [0.05, 0.1) is 5.56 Å². The fourth-order valence-corrected chi connectivity index (χ4v) is 2.15. The molecule has 1 aromatic carbocycles. The molecule has 0 unspecified atom stereocenters. The van der Waals surface area contributed by atoms with Crippen molar-refractivity contribution in [2.75, 3.05) is 5.33 Å². The Morgan fingerprint density at radius 3 is 2.12 bits per heavy atom. The van der Waals surface area contributed by atoms with Gasteiger partial charge in [0.1, 0.15) is 0 Å². The molecule has 0 nitrogen and oxygen atoms in total. The minimum atomic E-state index is -4.27. The Bertz CT molecular complexity index is 388. The Kier molecular flexibility index (Phi) is 4.80. The maximum atomic E-state index is 12.4. The number of halogens is 4. The summed E-state index contributed by atoms with van der Waals surface area (Å²) >= 11 is 3.37. The number of rotatable bonds is 3. The van der Waals surface area contributed by atoms with Crippen LogP contribution in [0.25, 0.3) is 6.08 Å². The fourth-order valence-electron chi connectivity index (χ4n) is 1.34. The second-order valence-corrected chi connectivity index (χ2v) is 4.69. The smallest absolute Gasteiger partial charge is 0.166 e. The molecule has 0 saturated heterocycles. The molecule has 0 heterocycles. The zero-order chi connectivity index (χ0) is 13.1. The van der Waals surface area contributed by atoms with Crippen LogP contribution in [0, 0.1) is 5.92 Å². The van der Waals surface area contributed by atoms with Crippen molar-refractivity contribution < 1.29 is 13.2 Å². The molecule has 94 valence electrons. The molecule has 0 bridgehead atoms.